The number of aliphatic hydroxyl groups excluding tert-OH is 1. The Hall–Kier alpha value is -0.720. The highest BCUT2D eigenvalue weighted by Gasteiger charge is 2.52. The molecule has 0 spiro atoms. The highest BCUT2D eigenvalue weighted by atomic mass is 16.8. The molecule has 0 aromatic rings. The van der Waals surface area contributed by atoms with E-state index in [0.717, 1.165) is 0 Å². The number of aliphatic hydroxyl groups is 2. The van der Waals surface area contributed by atoms with E-state index < -0.39 is 29.9 Å². The van der Waals surface area contributed by atoms with E-state index >= 15 is 0 Å². The van der Waals surface area contributed by atoms with Gasteiger partial charge in [0.15, 0.2) is 12.1 Å². The average molecular weight is 284 g/mol. The lowest BCUT2D eigenvalue weighted by Gasteiger charge is -2.28. The molecule has 2 heterocycles. The van der Waals surface area contributed by atoms with Crippen LogP contribution in [0.15, 0.2) is 24.8 Å². The highest BCUT2D eigenvalue weighted by Crippen LogP contribution is 2.40. The Kier molecular flexibility index (Phi) is 4.37. The maximum absolute atomic E-state index is 10.5. The van der Waals surface area contributed by atoms with Crippen LogP contribution in [0.3, 0.4) is 0 Å². The van der Waals surface area contributed by atoms with Crippen LogP contribution in [-0.2, 0) is 14.2 Å². The molecule has 5 atom stereocenters. The first-order valence-corrected chi connectivity index (χ1v) is 6.95. The van der Waals surface area contributed by atoms with Crippen molar-refractivity contribution in [1.82, 2.24) is 0 Å². The lowest BCUT2D eigenvalue weighted by Crippen LogP contribution is -2.39. The average Bonchev–Trinajstić information content (AvgIpc) is 2.81. The van der Waals surface area contributed by atoms with Gasteiger partial charge in [-0.05, 0) is 27.2 Å². The van der Waals surface area contributed by atoms with Crippen molar-refractivity contribution in [2.24, 2.45) is 0 Å². The van der Waals surface area contributed by atoms with E-state index in [1.165, 1.54) is 0 Å². The minimum absolute atomic E-state index is 0.159. The fourth-order valence-corrected chi connectivity index (χ4v) is 2.55. The summed E-state index contributed by atoms with van der Waals surface area (Å²) in [5.74, 6) is -0.637. The van der Waals surface area contributed by atoms with E-state index in [4.69, 9.17) is 14.2 Å². The SMILES string of the molecule is C=CC[C@@H](O)C=C[C@@](C)(O)[C@H]1C[C@H]2OC(C)(C)O[C@H]2O1. The largest absolute Gasteiger partial charge is 0.389 e. The van der Waals surface area contributed by atoms with Gasteiger partial charge in [0.25, 0.3) is 0 Å². The molecule has 5 heteroatoms. The highest BCUT2D eigenvalue weighted by molar-refractivity contribution is 5.08. The van der Waals surface area contributed by atoms with Crippen molar-refractivity contribution < 1.29 is 24.4 Å². The molecule has 2 aliphatic rings. The fraction of sp³-hybridized carbons (Fsp3) is 0.733. The Bertz CT molecular complexity index is 372. The van der Waals surface area contributed by atoms with Gasteiger partial charge in [0, 0.05) is 6.42 Å². The van der Waals surface area contributed by atoms with Gasteiger partial charge in [-0.15, -0.1) is 6.58 Å². The second-order valence-corrected chi connectivity index (χ2v) is 6.08. The Labute approximate surface area is 119 Å². The third-order valence-corrected chi connectivity index (χ3v) is 3.60. The molecule has 114 valence electrons. The number of fused-ring (bicyclic) bond motifs is 1. The summed E-state index contributed by atoms with van der Waals surface area (Å²) in [5, 5.41) is 20.1. The summed E-state index contributed by atoms with van der Waals surface area (Å²) >= 11 is 0. The number of hydrogen-bond donors (Lipinski definition) is 2. The van der Waals surface area contributed by atoms with E-state index in [2.05, 4.69) is 6.58 Å². The normalized spacial score (nSPS) is 36.8. The van der Waals surface area contributed by atoms with Crippen LogP contribution >= 0.6 is 0 Å². The van der Waals surface area contributed by atoms with Crippen molar-refractivity contribution >= 4 is 0 Å². The Morgan fingerprint density at radius 3 is 2.75 bits per heavy atom. The zero-order valence-corrected chi connectivity index (χ0v) is 12.3. The number of rotatable bonds is 5. The van der Waals surface area contributed by atoms with Gasteiger partial charge in [-0.25, -0.2) is 0 Å². The second-order valence-electron chi connectivity index (χ2n) is 6.08. The van der Waals surface area contributed by atoms with Gasteiger partial charge >= 0.3 is 0 Å². The first-order valence-electron chi connectivity index (χ1n) is 6.95. The van der Waals surface area contributed by atoms with E-state index in [1.807, 2.05) is 13.8 Å². The van der Waals surface area contributed by atoms with E-state index in [0.29, 0.717) is 12.8 Å². The third-order valence-electron chi connectivity index (χ3n) is 3.60. The predicted octanol–water partition coefficient (Wildman–Crippen LogP) is 1.50. The monoisotopic (exact) mass is 284 g/mol. The van der Waals surface area contributed by atoms with E-state index in [1.54, 1.807) is 25.2 Å². The quantitative estimate of drug-likeness (QED) is 0.749. The van der Waals surface area contributed by atoms with Crippen molar-refractivity contribution in [3.8, 4) is 0 Å². The summed E-state index contributed by atoms with van der Waals surface area (Å²) in [6.07, 6.45) is 4.10. The van der Waals surface area contributed by atoms with Gasteiger partial charge in [0.2, 0.25) is 0 Å². The van der Waals surface area contributed by atoms with Crippen molar-refractivity contribution in [3.63, 3.8) is 0 Å². The minimum atomic E-state index is -1.18. The van der Waals surface area contributed by atoms with E-state index in [-0.39, 0.29) is 6.10 Å². The van der Waals surface area contributed by atoms with Gasteiger partial charge in [0.1, 0.15) is 11.7 Å². The Morgan fingerprint density at radius 2 is 2.15 bits per heavy atom. The van der Waals surface area contributed by atoms with Gasteiger partial charge in [-0.1, -0.05) is 18.2 Å². The van der Waals surface area contributed by atoms with Crippen LogP contribution in [0.2, 0.25) is 0 Å². The second kappa shape index (κ2) is 5.58. The van der Waals surface area contributed by atoms with Gasteiger partial charge in [-0.2, -0.15) is 0 Å². The molecule has 0 aliphatic carbocycles. The van der Waals surface area contributed by atoms with Crippen molar-refractivity contribution in [2.45, 2.75) is 69.6 Å². The number of hydrogen-bond acceptors (Lipinski definition) is 5. The van der Waals surface area contributed by atoms with Gasteiger partial charge < -0.3 is 24.4 Å². The van der Waals surface area contributed by atoms with Crippen LogP contribution < -0.4 is 0 Å². The maximum Gasteiger partial charge on any atom is 0.187 e. The first-order chi connectivity index (χ1) is 9.23. The molecule has 2 rings (SSSR count). The molecule has 0 amide bonds. The summed E-state index contributed by atoms with van der Waals surface area (Å²) in [7, 11) is 0. The Morgan fingerprint density at radius 1 is 1.45 bits per heavy atom. The summed E-state index contributed by atoms with van der Waals surface area (Å²) in [4.78, 5) is 0. The van der Waals surface area contributed by atoms with Crippen molar-refractivity contribution in [3.05, 3.63) is 24.8 Å². The van der Waals surface area contributed by atoms with Crippen LogP contribution in [0.4, 0.5) is 0 Å². The molecule has 2 aliphatic heterocycles. The van der Waals surface area contributed by atoms with Crippen LogP contribution in [0, 0.1) is 0 Å². The molecule has 0 unspecified atom stereocenters. The molecule has 0 aromatic heterocycles. The molecule has 2 fully saturated rings. The van der Waals surface area contributed by atoms with Crippen molar-refractivity contribution in [2.75, 3.05) is 0 Å². The lowest BCUT2D eigenvalue weighted by molar-refractivity contribution is -0.219. The standard InChI is InChI=1S/C15H24O5/c1-5-6-10(16)7-8-15(4,17)12-9-11-13(18-12)20-14(2,3)19-11/h5,7-8,10-13,16-17H,1,6,9H2,2-4H3/t10-,11-,12-,13-,15-/m1/s1. The minimum Gasteiger partial charge on any atom is -0.389 e. The fourth-order valence-electron chi connectivity index (χ4n) is 2.55. The summed E-state index contributed by atoms with van der Waals surface area (Å²) in [6.45, 7) is 8.90. The van der Waals surface area contributed by atoms with Crippen LogP contribution in [0.25, 0.3) is 0 Å². The molecule has 0 radical (unpaired) electrons. The van der Waals surface area contributed by atoms with E-state index in [9.17, 15) is 10.2 Å². The van der Waals surface area contributed by atoms with Gasteiger partial charge in [-0.3, -0.25) is 0 Å². The molecule has 2 N–H and O–H groups in total. The van der Waals surface area contributed by atoms with Crippen LogP contribution in [0.5, 0.6) is 0 Å². The molecule has 0 aromatic carbocycles. The molecule has 0 bridgehead atoms. The molecule has 5 nitrogen and oxygen atoms in total. The van der Waals surface area contributed by atoms with Crippen molar-refractivity contribution in [1.29, 1.82) is 0 Å². The summed E-state index contributed by atoms with van der Waals surface area (Å²) in [5.41, 5.74) is -1.18. The molecule has 2 saturated heterocycles. The summed E-state index contributed by atoms with van der Waals surface area (Å²) in [6, 6.07) is 0. The molecular weight excluding hydrogens is 260 g/mol. The lowest BCUT2D eigenvalue weighted by atomic mass is 9.95. The maximum atomic E-state index is 10.5. The van der Waals surface area contributed by atoms with Crippen LogP contribution in [-0.4, -0.2) is 46.2 Å². The Balaban J connectivity index is 1.94. The molecule has 0 saturated carbocycles. The van der Waals surface area contributed by atoms with Gasteiger partial charge in [0.05, 0.1) is 12.2 Å². The first kappa shape index (κ1) is 15.7. The van der Waals surface area contributed by atoms with Crippen LogP contribution in [0.1, 0.15) is 33.6 Å². The molecule has 20 heavy (non-hydrogen) atoms. The molecular formula is C15H24O5. The zero-order valence-electron chi connectivity index (χ0n) is 12.3. The zero-order chi connectivity index (χ0) is 15.0. The third kappa shape index (κ3) is 3.48. The smallest absolute Gasteiger partial charge is 0.187 e. The number of ether oxygens (including phenoxy) is 3. The topological polar surface area (TPSA) is 68.2 Å². The summed E-state index contributed by atoms with van der Waals surface area (Å²) < 4.78 is 17.1. The predicted molar refractivity (Wildman–Crippen MR) is 73.9 cm³/mol.